The van der Waals surface area contributed by atoms with Crippen LogP contribution >= 0.6 is 0 Å². The van der Waals surface area contributed by atoms with Gasteiger partial charge in [0.05, 0.1) is 24.1 Å². The summed E-state index contributed by atoms with van der Waals surface area (Å²) in [6.07, 6.45) is 6.15. The third-order valence-electron chi connectivity index (χ3n) is 7.49. The van der Waals surface area contributed by atoms with E-state index in [1.54, 1.807) is 18.2 Å². The average Bonchev–Trinajstić information content (AvgIpc) is 3.83. The van der Waals surface area contributed by atoms with Gasteiger partial charge in [-0.2, -0.15) is 0 Å². The first-order valence-corrected chi connectivity index (χ1v) is 15.0. The smallest absolute Gasteiger partial charge is 0.270 e. The molecule has 2 N–H and O–H groups in total. The number of nitrogens with one attached hydrogen (secondary N) is 1. The zero-order valence-corrected chi connectivity index (χ0v) is 22.1. The Morgan fingerprint density at radius 3 is 2.29 bits per heavy atom. The molecule has 0 saturated heterocycles. The molecule has 3 aliphatic rings. The average molecular weight is 534 g/mol. The molecule has 3 aromatic rings. The number of ether oxygens (including phenoxy) is 1. The van der Waals surface area contributed by atoms with Gasteiger partial charge in [-0.1, -0.05) is 18.2 Å². The van der Waals surface area contributed by atoms with Crippen LogP contribution in [-0.2, 0) is 9.84 Å². The van der Waals surface area contributed by atoms with Crippen molar-refractivity contribution in [1.29, 1.82) is 0 Å². The van der Waals surface area contributed by atoms with Gasteiger partial charge in [-0.15, -0.1) is 0 Å². The number of pyridine rings is 1. The van der Waals surface area contributed by atoms with E-state index in [9.17, 15) is 18.3 Å². The number of rotatable bonds is 8. The number of aliphatic hydroxyl groups is 1. The Morgan fingerprint density at radius 1 is 1.05 bits per heavy atom. The first-order chi connectivity index (χ1) is 18.3. The van der Waals surface area contributed by atoms with Gasteiger partial charge in [-0.25, -0.2) is 13.4 Å². The first-order valence-electron chi connectivity index (χ1n) is 13.1. The van der Waals surface area contributed by atoms with Gasteiger partial charge in [0.25, 0.3) is 5.91 Å². The monoisotopic (exact) mass is 533 g/mol. The highest BCUT2D eigenvalue weighted by Gasteiger charge is 2.31. The van der Waals surface area contributed by atoms with E-state index in [2.05, 4.69) is 33.4 Å². The number of anilines is 2. The second-order valence-electron chi connectivity index (χ2n) is 10.5. The third kappa shape index (κ3) is 5.13. The molecule has 2 aromatic carbocycles. The second-order valence-corrected chi connectivity index (χ2v) is 12.5. The lowest BCUT2D eigenvalue weighted by atomic mass is 10.0. The maximum Gasteiger partial charge on any atom is 0.270 e. The van der Waals surface area contributed by atoms with Crippen LogP contribution in [0.2, 0.25) is 0 Å². The molecule has 38 heavy (non-hydrogen) atoms. The Kier molecular flexibility index (Phi) is 6.36. The summed E-state index contributed by atoms with van der Waals surface area (Å²) in [5, 5.41) is 12.7. The molecule has 1 unspecified atom stereocenters. The zero-order valence-electron chi connectivity index (χ0n) is 21.3. The quantitative estimate of drug-likeness (QED) is 0.446. The van der Waals surface area contributed by atoms with E-state index in [4.69, 9.17) is 4.74 Å². The lowest BCUT2D eigenvalue weighted by Crippen LogP contribution is -2.33. The van der Waals surface area contributed by atoms with Crippen LogP contribution in [0.1, 0.15) is 70.7 Å². The van der Waals surface area contributed by atoms with Gasteiger partial charge >= 0.3 is 0 Å². The highest BCUT2D eigenvalue weighted by molar-refractivity contribution is 7.90. The molecule has 2 fully saturated rings. The normalized spacial score (nSPS) is 17.9. The number of carbonyl (C=O) groups excluding carboxylic acids is 1. The highest BCUT2D eigenvalue weighted by Crippen LogP contribution is 2.47. The third-order valence-corrected chi connectivity index (χ3v) is 8.62. The van der Waals surface area contributed by atoms with Crippen molar-refractivity contribution in [3.63, 3.8) is 0 Å². The van der Waals surface area contributed by atoms with Crippen molar-refractivity contribution in [2.24, 2.45) is 0 Å². The number of benzene rings is 2. The van der Waals surface area contributed by atoms with Crippen molar-refractivity contribution in [3.8, 4) is 5.88 Å². The van der Waals surface area contributed by atoms with Gasteiger partial charge in [0.15, 0.2) is 9.84 Å². The molecule has 1 aliphatic heterocycles. The van der Waals surface area contributed by atoms with E-state index in [-0.39, 0.29) is 17.2 Å². The van der Waals surface area contributed by atoms with Crippen LogP contribution in [0, 0.1) is 0 Å². The number of carbonyl (C=O) groups is 1. The van der Waals surface area contributed by atoms with Gasteiger partial charge in [0, 0.05) is 11.9 Å². The molecule has 2 aliphatic carbocycles. The number of hydrogen-bond donors (Lipinski definition) is 2. The van der Waals surface area contributed by atoms with Crippen LogP contribution in [0.4, 0.5) is 11.4 Å². The molecule has 8 nitrogen and oxygen atoms in total. The van der Waals surface area contributed by atoms with Crippen LogP contribution in [0.25, 0.3) is 0 Å². The van der Waals surface area contributed by atoms with Crippen molar-refractivity contribution in [3.05, 3.63) is 77.0 Å². The summed E-state index contributed by atoms with van der Waals surface area (Å²) in [7, 11) is -3.34. The summed E-state index contributed by atoms with van der Waals surface area (Å²) in [6, 6.07) is 15.9. The lowest BCUT2D eigenvalue weighted by molar-refractivity contribution is 0.0910. The van der Waals surface area contributed by atoms with Crippen LogP contribution in [0.15, 0.2) is 59.5 Å². The molecule has 9 heteroatoms. The molecule has 198 valence electrons. The van der Waals surface area contributed by atoms with Crippen molar-refractivity contribution < 1.29 is 23.1 Å². The van der Waals surface area contributed by atoms with Gasteiger partial charge in [0.1, 0.15) is 18.0 Å². The molecule has 1 aromatic heterocycles. The molecule has 0 radical (unpaired) electrons. The number of aliphatic hydroxyl groups excluding tert-OH is 1. The molecule has 2 saturated carbocycles. The Balaban J connectivity index is 1.23. The predicted molar refractivity (Wildman–Crippen MR) is 144 cm³/mol. The molecule has 2 heterocycles. The molecule has 0 bridgehead atoms. The Labute approximate surface area is 222 Å². The van der Waals surface area contributed by atoms with Crippen LogP contribution < -0.4 is 15.0 Å². The fourth-order valence-electron chi connectivity index (χ4n) is 5.03. The first kappa shape index (κ1) is 24.9. The minimum atomic E-state index is -3.34. The summed E-state index contributed by atoms with van der Waals surface area (Å²) in [4.78, 5) is 20.0. The summed E-state index contributed by atoms with van der Waals surface area (Å²) in [6.45, 7) is 0.817. The van der Waals surface area contributed by atoms with Gasteiger partial charge in [-0.3, -0.25) is 4.79 Å². The number of fused-ring (bicyclic) bond motifs is 1. The summed E-state index contributed by atoms with van der Waals surface area (Å²) >= 11 is 0. The maximum atomic E-state index is 13.1. The molecular weight excluding hydrogens is 502 g/mol. The second kappa shape index (κ2) is 9.71. The van der Waals surface area contributed by atoms with Gasteiger partial charge in [-0.05, 0) is 90.6 Å². The van der Waals surface area contributed by atoms with E-state index in [1.807, 2.05) is 6.07 Å². The van der Waals surface area contributed by atoms with Gasteiger partial charge < -0.3 is 20.1 Å². The number of hydrogen-bond acceptors (Lipinski definition) is 7. The van der Waals surface area contributed by atoms with E-state index in [0.717, 1.165) is 17.6 Å². The summed E-state index contributed by atoms with van der Waals surface area (Å²) in [5.74, 6) is 1.29. The van der Waals surface area contributed by atoms with E-state index >= 15 is 0 Å². The van der Waals surface area contributed by atoms with E-state index in [0.29, 0.717) is 36.4 Å². The van der Waals surface area contributed by atoms with Crippen LogP contribution in [0.3, 0.4) is 0 Å². The largest absolute Gasteiger partial charge is 0.474 e. The molecule has 6 rings (SSSR count). The minimum absolute atomic E-state index is 0.175. The SMILES string of the molecule is CS(=O)(=O)c1ccc(C(CO)NC(=O)c2ccc3c(n2)OCCN3c2cc(C3CC3)cc(C3CC3)c2)cc1. The zero-order chi connectivity index (χ0) is 26.4. The number of nitrogens with zero attached hydrogens (tertiary/aromatic N) is 2. The van der Waals surface area contributed by atoms with Crippen molar-refractivity contribution in [2.45, 2.75) is 48.5 Å². The van der Waals surface area contributed by atoms with E-state index in [1.165, 1.54) is 48.9 Å². The molecular formula is C29H31N3O5S. The van der Waals surface area contributed by atoms with Crippen molar-refractivity contribution in [2.75, 3.05) is 30.9 Å². The fourth-order valence-corrected chi connectivity index (χ4v) is 5.66. The van der Waals surface area contributed by atoms with Crippen molar-refractivity contribution >= 4 is 27.1 Å². The molecule has 1 amide bonds. The van der Waals surface area contributed by atoms with Crippen LogP contribution in [0.5, 0.6) is 5.88 Å². The lowest BCUT2D eigenvalue weighted by Gasteiger charge is -2.31. The van der Waals surface area contributed by atoms with Crippen LogP contribution in [-0.4, -0.2) is 50.4 Å². The topological polar surface area (TPSA) is 109 Å². The Bertz CT molecular complexity index is 1450. The summed E-state index contributed by atoms with van der Waals surface area (Å²) < 4.78 is 29.3. The summed E-state index contributed by atoms with van der Waals surface area (Å²) in [5.41, 5.74) is 5.59. The Hall–Kier alpha value is -3.43. The minimum Gasteiger partial charge on any atom is -0.474 e. The highest BCUT2D eigenvalue weighted by atomic mass is 32.2. The van der Waals surface area contributed by atoms with E-state index < -0.39 is 21.8 Å². The fraction of sp³-hybridized carbons (Fsp3) is 0.379. The number of amides is 1. The number of aromatic nitrogens is 1. The predicted octanol–water partition coefficient (Wildman–Crippen LogP) is 4.23. The maximum absolute atomic E-state index is 13.1. The standard InChI is InChI=1S/C29H31N3O5S/c1-38(35,36)24-8-6-20(7-9-24)26(17-33)30-28(34)25-10-11-27-29(31-25)37-13-12-32(27)23-15-21(18-2-3-18)14-22(16-23)19-4-5-19/h6-11,14-16,18-19,26,33H,2-5,12-13,17H2,1H3,(H,30,34). The molecule has 0 spiro atoms. The Morgan fingerprint density at radius 2 is 1.71 bits per heavy atom. The van der Waals surface area contributed by atoms with Gasteiger partial charge in [0.2, 0.25) is 5.88 Å². The molecule has 1 atom stereocenters. The van der Waals surface area contributed by atoms with Crippen molar-refractivity contribution in [1.82, 2.24) is 10.3 Å². The number of sulfone groups is 1.